The number of aliphatic hydroxyl groups is 1. The Balaban J connectivity index is 2.27. The number of hydrogen-bond acceptors (Lipinski definition) is 2. The summed E-state index contributed by atoms with van der Waals surface area (Å²) >= 11 is 0. The van der Waals surface area contributed by atoms with Gasteiger partial charge in [-0.1, -0.05) is 12.2 Å². The fourth-order valence-electron chi connectivity index (χ4n) is 2.74. The second-order valence-electron chi connectivity index (χ2n) is 4.40. The van der Waals surface area contributed by atoms with Crippen LogP contribution in [-0.2, 0) is 0 Å². The Bertz CT molecular complexity index is 243. The normalized spacial score (nSPS) is 45.6. The maximum atomic E-state index is 13.4. The van der Waals surface area contributed by atoms with Crippen molar-refractivity contribution < 1.29 is 9.50 Å². The van der Waals surface area contributed by atoms with Gasteiger partial charge in [0.2, 0.25) is 0 Å². The molecule has 0 aromatic heterocycles. The lowest BCUT2D eigenvalue weighted by Gasteiger charge is -2.30. The van der Waals surface area contributed by atoms with Crippen LogP contribution in [0.15, 0.2) is 12.2 Å². The van der Waals surface area contributed by atoms with Crippen molar-refractivity contribution in [3.05, 3.63) is 12.2 Å². The van der Waals surface area contributed by atoms with Crippen molar-refractivity contribution in [3.8, 4) is 0 Å². The van der Waals surface area contributed by atoms with Crippen molar-refractivity contribution in [2.45, 2.75) is 37.5 Å². The summed E-state index contributed by atoms with van der Waals surface area (Å²) in [6.07, 6.45) is 0.429. The van der Waals surface area contributed by atoms with Crippen molar-refractivity contribution >= 4 is 0 Å². The molecule has 0 radical (unpaired) electrons. The summed E-state index contributed by atoms with van der Waals surface area (Å²) in [6, 6.07) is -0.0635. The molecule has 0 amide bonds. The number of fused-ring (bicyclic) bond motifs is 1. The maximum Gasteiger partial charge on any atom is 0.117 e. The third-order valence-electron chi connectivity index (χ3n) is 3.47. The van der Waals surface area contributed by atoms with Crippen LogP contribution in [0.2, 0.25) is 0 Å². The summed E-state index contributed by atoms with van der Waals surface area (Å²) in [5.41, 5.74) is 0.795. The molecule has 0 saturated carbocycles. The molecule has 3 atom stereocenters. The van der Waals surface area contributed by atoms with Crippen LogP contribution in [-0.4, -0.2) is 40.9 Å². The van der Waals surface area contributed by atoms with E-state index in [1.54, 1.807) is 0 Å². The second kappa shape index (κ2) is 2.79. The van der Waals surface area contributed by atoms with E-state index in [2.05, 4.69) is 11.5 Å². The van der Waals surface area contributed by atoms with Gasteiger partial charge in [0.1, 0.15) is 6.17 Å². The predicted molar refractivity (Wildman–Crippen MR) is 49.3 cm³/mol. The zero-order valence-corrected chi connectivity index (χ0v) is 7.96. The monoisotopic (exact) mass is 185 g/mol. The summed E-state index contributed by atoms with van der Waals surface area (Å²) in [5, 5.41) is 9.33. The smallest absolute Gasteiger partial charge is 0.117 e. The lowest BCUT2D eigenvalue weighted by atomic mass is 9.93. The van der Waals surface area contributed by atoms with Crippen LogP contribution in [0.1, 0.15) is 19.8 Å². The average molecular weight is 185 g/mol. The third kappa shape index (κ3) is 1.14. The summed E-state index contributed by atoms with van der Waals surface area (Å²) in [7, 11) is 0. The summed E-state index contributed by atoms with van der Waals surface area (Å²) < 4.78 is 13.4. The second-order valence-corrected chi connectivity index (χ2v) is 4.40. The highest BCUT2D eigenvalue weighted by molar-refractivity contribution is 5.20. The standard InChI is InChI=1S/C10H16FNO/c1-7-3-10(6-13)4-9(11)8(2)12(10)5-7/h8-9,13H,1,3-6H2,2H3. The minimum atomic E-state index is -0.791. The zero-order valence-electron chi connectivity index (χ0n) is 7.96. The number of halogens is 1. The molecule has 0 spiro atoms. The van der Waals surface area contributed by atoms with E-state index in [9.17, 15) is 9.50 Å². The van der Waals surface area contributed by atoms with Crippen molar-refractivity contribution in [1.29, 1.82) is 0 Å². The number of aliphatic hydroxyl groups excluding tert-OH is 1. The minimum Gasteiger partial charge on any atom is -0.394 e. The zero-order chi connectivity index (χ0) is 9.64. The van der Waals surface area contributed by atoms with E-state index in [0.29, 0.717) is 6.42 Å². The maximum absolute atomic E-state index is 13.4. The fourth-order valence-corrected chi connectivity index (χ4v) is 2.74. The first-order valence-corrected chi connectivity index (χ1v) is 4.77. The van der Waals surface area contributed by atoms with E-state index in [-0.39, 0.29) is 18.2 Å². The van der Waals surface area contributed by atoms with Gasteiger partial charge in [-0.15, -0.1) is 0 Å². The molecule has 0 bridgehead atoms. The van der Waals surface area contributed by atoms with Gasteiger partial charge in [0.25, 0.3) is 0 Å². The molecular formula is C10H16FNO. The number of alkyl halides is 1. The number of rotatable bonds is 1. The van der Waals surface area contributed by atoms with Gasteiger partial charge in [0.15, 0.2) is 0 Å². The first-order chi connectivity index (χ1) is 6.09. The molecule has 3 unspecified atom stereocenters. The van der Waals surface area contributed by atoms with E-state index < -0.39 is 6.17 Å². The van der Waals surface area contributed by atoms with Gasteiger partial charge in [-0.05, 0) is 13.3 Å². The third-order valence-corrected chi connectivity index (χ3v) is 3.47. The van der Waals surface area contributed by atoms with Crippen LogP contribution in [0.4, 0.5) is 4.39 Å². The van der Waals surface area contributed by atoms with Gasteiger partial charge in [-0.3, -0.25) is 4.90 Å². The Morgan fingerprint density at radius 3 is 3.00 bits per heavy atom. The topological polar surface area (TPSA) is 23.5 Å². The Morgan fingerprint density at radius 2 is 2.46 bits per heavy atom. The molecule has 2 fully saturated rings. The van der Waals surface area contributed by atoms with Gasteiger partial charge < -0.3 is 5.11 Å². The van der Waals surface area contributed by atoms with Gasteiger partial charge in [0, 0.05) is 19.0 Å². The van der Waals surface area contributed by atoms with E-state index in [0.717, 1.165) is 18.5 Å². The molecule has 2 aliphatic rings. The molecule has 2 rings (SSSR count). The van der Waals surface area contributed by atoms with Crippen molar-refractivity contribution in [1.82, 2.24) is 4.90 Å². The van der Waals surface area contributed by atoms with Gasteiger partial charge >= 0.3 is 0 Å². The molecule has 2 aliphatic heterocycles. The largest absolute Gasteiger partial charge is 0.394 e. The van der Waals surface area contributed by atoms with Crippen LogP contribution in [0, 0.1) is 0 Å². The van der Waals surface area contributed by atoms with Crippen molar-refractivity contribution in [2.75, 3.05) is 13.2 Å². The average Bonchev–Trinajstić information content (AvgIpc) is 2.51. The fraction of sp³-hybridized carbons (Fsp3) is 0.800. The van der Waals surface area contributed by atoms with Crippen LogP contribution in [0.25, 0.3) is 0 Å². The quantitative estimate of drug-likeness (QED) is 0.619. The Hall–Kier alpha value is -0.410. The molecule has 0 aromatic rings. The molecule has 1 N–H and O–H groups in total. The van der Waals surface area contributed by atoms with Gasteiger partial charge in [0.05, 0.1) is 12.1 Å². The van der Waals surface area contributed by atoms with E-state index in [1.165, 1.54) is 0 Å². The minimum absolute atomic E-state index is 0.0524. The van der Waals surface area contributed by atoms with Crippen LogP contribution in [0.3, 0.4) is 0 Å². The molecule has 3 heteroatoms. The predicted octanol–water partition coefficient (Wildman–Crippen LogP) is 1.11. The molecular weight excluding hydrogens is 169 g/mol. The lowest BCUT2D eigenvalue weighted by molar-refractivity contribution is 0.0810. The molecule has 74 valence electrons. The first kappa shape index (κ1) is 9.16. The molecule has 2 heterocycles. The molecule has 0 aliphatic carbocycles. The highest BCUT2D eigenvalue weighted by atomic mass is 19.1. The first-order valence-electron chi connectivity index (χ1n) is 4.77. The van der Waals surface area contributed by atoms with Crippen LogP contribution in [0.5, 0.6) is 0 Å². The van der Waals surface area contributed by atoms with E-state index in [1.807, 2.05) is 6.92 Å². The van der Waals surface area contributed by atoms with Crippen LogP contribution >= 0.6 is 0 Å². The highest BCUT2D eigenvalue weighted by Gasteiger charge is 2.53. The Kier molecular flexibility index (Phi) is 1.96. The summed E-state index contributed by atoms with van der Waals surface area (Å²) in [4.78, 5) is 2.07. The summed E-state index contributed by atoms with van der Waals surface area (Å²) in [5.74, 6) is 0. The lowest BCUT2D eigenvalue weighted by Crippen LogP contribution is -2.44. The highest BCUT2D eigenvalue weighted by Crippen LogP contribution is 2.44. The van der Waals surface area contributed by atoms with Gasteiger partial charge in [-0.25, -0.2) is 4.39 Å². The Morgan fingerprint density at radius 1 is 1.77 bits per heavy atom. The molecule has 13 heavy (non-hydrogen) atoms. The number of nitrogens with zero attached hydrogens (tertiary/aromatic N) is 1. The Labute approximate surface area is 78.0 Å². The van der Waals surface area contributed by atoms with Crippen LogP contribution < -0.4 is 0 Å². The number of hydrogen-bond donors (Lipinski definition) is 1. The molecule has 2 nitrogen and oxygen atoms in total. The SMILES string of the molecule is C=C1CN2C(C)C(F)CC2(CO)C1. The van der Waals surface area contributed by atoms with E-state index in [4.69, 9.17) is 0 Å². The van der Waals surface area contributed by atoms with Gasteiger partial charge in [-0.2, -0.15) is 0 Å². The van der Waals surface area contributed by atoms with Crippen molar-refractivity contribution in [3.63, 3.8) is 0 Å². The van der Waals surface area contributed by atoms with Crippen molar-refractivity contribution in [2.24, 2.45) is 0 Å². The summed E-state index contributed by atoms with van der Waals surface area (Å²) in [6.45, 7) is 6.61. The molecule has 2 saturated heterocycles. The molecule has 0 aromatic carbocycles. The van der Waals surface area contributed by atoms with E-state index >= 15 is 0 Å².